The molecular formula is C8H8N2O. The Morgan fingerprint density at radius 3 is 3.18 bits per heavy atom. The van der Waals surface area contributed by atoms with E-state index >= 15 is 0 Å². The summed E-state index contributed by atoms with van der Waals surface area (Å²) in [5.74, 6) is 0.322. The number of carbonyl (C=O) groups is 1. The number of carbonyl (C=O) groups excluding carboxylic acids is 1. The molecule has 0 N–H and O–H groups in total. The summed E-state index contributed by atoms with van der Waals surface area (Å²) in [5.41, 5.74) is 0.634. The van der Waals surface area contributed by atoms with Gasteiger partial charge in [-0.25, -0.2) is 0 Å². The molecule has 0 spiro atoms. The first-order valence-corrected chi connectivity index (χ1v) is 3.68. The molecule has 1 heterocycles. The molecule has 0 radical (unpaired) electrons. The number of allylic oxidation sites excluding steroid dienone is 2. The molecule has 3 nitrogen and oxygen atoms in total. The van der Waals surface area contributed by atoms with Gasteiger partial charge in [0.1, 0.15) is 5.71 Å². The molecule has 0 aromatic heterocycles. The summed E-state index contributed by atoms with van der Waals surface area (Å²) in [7, 11) is 0. The molecule has 56 valence electrons. The highest BCUT2D eigenvalue weighted by Gasteiger charge is 2.24. The van der Waals surface area contributed by atoms with Crippen molar-refractivity contribution in [3.8, 4) is 0 Å². The van der Waals surface area contributed by atoms with Crippen molar-refractivity contribution in [2.45, 2.75) is 12.8 Å². The Morgan fingerprint density at radius 1 is 1.45 bits per heavy atom. The maximum atomic E-state index is 11.1. The lowest BCUT2D eigenvalue weighted by Gasteiger charge is -2.18. The quantitative estimate of drug-likeness (QED) is 0.504. The van der Waals surface area contributed by atoms with Crippen LogP contribution in [0.5, 0.6) is 0 Å². The third-order valence-corrected chi connectivity index (χ3v) is 1.97. The van der Waals surface area contributed by atoms with E-state index in [0.29, 0.717) is 11.6 Å². The number of ketones is 1. The van der Waals surface area contributed by atoms with Gasteiger partial charge in [-0.1, -0.05) is 6.08 Å². The van der Waals surface area contributed by atoms with E-state index in [2.05, 4.69) is 10.2 Å². The van der Waals surface area contributed by atoms with Crippen LogP contribution in [0.3, 0.4) is 0 Å². The monoisotopic (exact) mass is 148 g/mol. The molecule has 1 aliphatic carbocycles. The normalized spacial score (nSPS) is 28.2. The van der Waals surface area contributed by atoms with Gasteiger partial charge in [0, 0.05) is 12.1 Å². The molecule has 0 fully saturated rings. The lowest BCUT2D eigenvalue weighted by atomic mass is 9.88. The fraction of sp³-hybridized carbons (Fsp3) is 0.375. The fourth-order valence-corrected chi connectivity index (χ4v) is 1.35. The number of nitrogens with zero attached hydrogens (tertiary/aromatic N) is 2. The molecule has 0 aromatic carbocycles. The smallest absolute Gasteiger partial charge is 0.201 e. The average molecular weight is 148 g/mol. The molecule has 11 heavy (non-hydrogen) atoms. The number of rotatable bonds is 0. The Balaban J connectivity index is 2.37. The third kappa shape index (κ3) is 1.02. The van der Waals surface area contributed by atoms with Gasteiger partial charge < -0.3 is 0 Å². The van der Waals surface area contributed by atoms with Gasteiger partial charge >= 0.3 is 0 Å². The maximum Gasteiger partial charge on any atom is 0.201 e. The Kier molecular flexibility index (Phi) is 1.42. The SMILES string of the molecule is O=C1C=CCC2CC=NN=C12. The van der Waals surface area contributed by atoms with Crippen LogP contribution in [0.25, 0.3) is 0 Å². The first kappa shape index (κ1) is 6.46. The van der Waals surface area contributed by atoms with Crippen molar-refractivity contribution in [3.63, 3.8) is 0 Å². The van der Waals surface area contributed by atoms with Crippen LogP contribution in [0, 0.1) is 5.92 Å². The summed E-state index contributed by atoms with van der Waals surface area (Å²) >= 11 is 0. The van der Waals surface area contributed by atoms with Gasteiger partial charge in [-0.05, 0) is 18.9 Å². The van der Waals surface area contributed by atoms with Crippen molar-refractivity contribution in [2.24, 2.45) is 16.1 Å². The minimum absolute atomic E-state index is 0.0260. The van der Waals surface area contributed by atoms with Crippen molar-refractivity contribution in [2.75, 3.05) is 0 Å². The minimum Gasteiger partial charge on any atom is -0.288 e. The van der Waals surface area contributed by atoms with Crippen LogP contribution < -0.4 is 0 Å². The Bertz CT molecular complexity index is 276. The zero-order valence-electron chi connectivity index (χ0n) is 6.03. The summed E-state index contributed by atoms with van der Waals surface area (Å²) in [6.07, 6.45) is 7.04. The topological polar surface area (TPSA) is 41.8 Å². The highest BCUT2D eigenvalue weighted by atomic mass is 16.1. The van der Waals surface area contributed by atoms with E-state index in [-0.39, 0.29) is 5.78 Å². The summed E-state index contributed by atoms with van der Waals surface area (Å²) in [5, 5.41) is 7.54. The van der Waals surface area contributed by atoms with E-state index in [1.54, 1.807) is 12.3 Å². The van der Waals surface area contributed by atoms with Crippen molar-refractivity contribution >= 4 is 17.7 Å². The zero-order chi connectivity index (χ0) is 7.68. The molecule has 0 aromatic rings. The molecule has 2 aliphatic rings. The lowest BCUT2D eigenvalue weighted by molar-refractivity contribution is -0.109. The molecule has 1 unspecified atom stereocenters. The van der Waals surface area contributed by atoms with E-state index in [1.165, 1.54) is 0 Å². The van der Waals surface area contributed by atoms with Crippen LogP contribution >= 0.6 is 0 Å². The van der Waals surface area contributed by atoms with E-state index < -0.39 is 0 Å². The second-order valence-electron chi connectivity index (χ2n) is 2.72. The first-order valence-electron chi connectivity index (χ1n) is 3.68. The van der Waals surface area contributed by atoms with Crippen LogP contribution in [-0.4, -0.2) is 17.7 Å². The summed E-state index contributed by atoms with van der Waals surface area (Å²) in [6, 6.07) is 0. The first-order chi connectivity index (χ1) is 5.38. The highest BCUT2D eigenvalue weighted by Crippen LogP contribution is 2.19. The molecule has 1 atom stereocenters. The minimum atomic E-state index is 0.0260. The van der Waals surface area contributed by atoms with Crippen molar-refractivity contribution in [1.29, 1.82) is 0 Å². The van der Waals surface area contributed by atoms with Crippen molar-refractivity contribution in [1.82, 2.24) is 0 Å². The van der Waals surface area contributed by atoms with Gasteiger partial charge in [-0.3, -0.25) is 4.79 Å². The molecule has 1 aliphatic heterocycles. The van der Waals surface area contributed by atoms with E-state index in [9.17, 15) is 4.79 Å². The predicted molar refractivity (Wildman–Crippen MR) is 42.8 cm³/mol. The largest absolute Gasteiger partial charge is 0.288 e. The van der Waals surface area contributed by atoms with Gasteiger partial charge in [0.05, 0.1) is 0 Å². The van der Waals surface area contributed by atoms with Gasteiger partial charge in [0.15, 0.2) is 0 Å². The Labute approximate surface area is 64.5 Å². The molecule has 0 saturated heterocycles. The number of hydrogen-bond donors (Lipinski definition) is 0. The Hall–Kier alpha value is -1.25. The second kappa shape index (κ2) is 2.42. The van der Waals surface area contributed by atoms with Gasteiger partial charge in [-0.2, -0.15) is 10.2 Å². The third-order valence-electron chi connectivity index (χ3n) is 1.97. The number of fused-ring (bicyclic) bond motifs is 1. The standard InChI is InChI=1S/C8H8N2O/c11-7-3-1-2-6-4-5-9-10-8(6)7/h1,3,5-6H,2,4H2. The van der Waals surface area contributed by atoms with E-state index in [0.717, 1.165) is 12.8 Å². The van der Waals surface area contributed by atoms with Crippen LogP contribution in [-0.2, 0) is 4.79 Å². The molecular weight excluding hydrogens is 140 g/mol. The van der Waals surface area contributed by atoms with Gasteiger partial charge in [0.25, 0.3) is 0 Å². The second-order valence-corrected chi connectivity index (χ2v) is 2.72. The van der Waals surface area contributed by atoms with Crippen LogP contribution in [0.4, 0.5) is 0 Å². The molecule has 0 amide bonds. The maximum absolute atomic E-state index is 11.1. The molecule has 0 bridgehead atoms. The predicted octanol–water partition coefficient (Wildman–Crippen LogP) is 0.962. The highest BCUT2D eigenvalue weighted by molar-refractivity contribution is 6.45. The number of hydrogen-bond acceptors (Lipinski definition) is 3. The van der Waals surface area contributed by atoms with Crippen LogP contribution in [0.15, 0.2) is 22.4 Å². The Morgan fingerprint density at radius 2 is 2.36 bits per heavy atom. The van der Waals surface area contributed by atoms with Crippen molar-refractivity contribution < 1.29 is 4.79 Å². The van der Waals surface area contributed by atoms with Crippen LogP contribution in [0.2, 0.25) is 0 Å². The summed E-state index contributed by atoms with van der Waals surface area (Å²) < 4.78 is 0. The molecule has 2 rings (SSSR count). The summed E-state index contributed by atoms with van der Waals surface area (Å²) in [6.45, 7) is 0. The lowest BCUT2D eigenvalue weighted by Crippen LogP contribution is -2.27. The molecule has 3 heteroatoms. The van der Waals surface area contributed by atoms with Gasteiger partial charge in [0.2, 0.25) is 5.78 Å². The van der Waals surface area contributed by atoms with E-state index in [4.69, 9.17) is 0 Å². The van der Waals surface area contributed by atoms with Gasteiger partial charge in [-0.15, -0.1) is 0 Å². The summed E-state index contributed by atoms with van der Waals surface area (Å²) in [4.78, 5) is 11.1. The van der Waals surface area contributed by atoms with E-state index in [1.807, 2.05) is 6.08 Å². The molecule has 0 saturated carbocycles. The zero-order valence-corrected chi connectivity index (χ0v) is 6.03. The van der Waals surface area contributed by atoms with Crippen LogP contribution in [0.1, 0.15) is 12.8 Å². The van der Waals surface area contributed by atoms with Crippen molar-refractivity contribution in [3.05, 3.63) is 12.2 Å². The average Bonchev–Trinajstić information content (AvgIpc) is 2.06. The fourth-order valence-electron chi connectivity index (χ4n) is 1.35.